The number of carbonyl (C=O) groups is 1. The van der Waals surface area contributed by atoms with Crippen molar-refractivity contribution in [2.45, 2.75) is 4.90 Å². The number of amides is 1. The Hall–Kier alpha value is -1.51. The molecule has 1 amide bonds. The number of halogens is 1. The van der Waals surface area contributed by atoms with Gasteiger partial charge in [-0.3, -0.25) is 4.79 Å². The molecule has 1 aliphatic heterocycles. The number of ether oxygens (including phenoxy) is 1. The van der Waals surface area contributed by atoms with E-state index in [2.05, 4.69) is 4.72 Å². The van der Waals surface area contributed by atoms with Gasteiger partial charge in [0.25, 0.3) is 0 Å². The maximum atomic E-state index is 12.7. The molecule has 0 atom stereocenters. The van der Waals surface area contributed by atoms with Crippen LogP contribution in [0.15, 0.2) is 29.2 Å². The van der Waals surface area contributed by atoms with E-state index in [1.807, 2.05) is 0 Å². The van der Waals surface area contributed by atoms with Gasteiger partial charge in [-0.2, -0.15) is 0 Å². The molecule has 2 rings (SSSR count). The fourth-order valence-corrected chi connectivity index (χ4v) is 2.82. The second-order valence-corrected chi connectivity index (χ2v) is 6.05. The molecule has 1 N–H and O–H groups in total. The van der Waals surface area contributed by atoms with Crippen molar-refractivity contribution in [3.05, 3.63) is 30.1 Å². The summed E-state index contributed by atoms with van der Waals surface area (Å²) in [5.41, 5.74) is 0. The van der Waals surface area contributed by atoms with E-state index in [1.165, 1.54) is 17.0 Å². The summed E-state index contributed by atoms with van der Waals surface area (Å²) in [5, 5.41) is 0. The smallest absolute Gasteiger partial charge is 0.248 e. The lowest BCUT2D eigenvalue weighted by atomic mass is 10.4. The Bertz CT molecular complexity index is 574. The lowest BCUT2D eigenvalue weighted by Crippen LogP contribution is -2.45. The molecule has 0 bridgehead atoms. The number of morpholine rings is 1. The van der Waals surface area contributed by atoms with E-state index in [4.69, 9.17) is 4.74 Å². The molecule has 1 aromatic carbocycles. The number of rotatable bonds is 5. The number of hydrogen-bond acceptors (Lipinski definition) is 4. The second kappa shape index (κ2) is 6.29. The minimum absolute atomic E-state index is 0.00722. The third-order valence-corrected chi connectivity index (χ3v) is 4.36. The minimum atomic E-state index is -3.68. The summed E-state index contributed by atoms with van der Waals surface area (Å²) in [6, 6.07) is 4.55. The van der Waals surface area contributed by atoms with Crippen LogP contribution in [0.1, 0.15) is 0 Å². The zero-order valence-corrected chi connectivity index (χ0v) is 11.5. The van der Waals surface area contributed by atoms with Crippen molar-refractivity contribution in [2.75, 3.05) is 32.8 Å². The third kappa shape index (κ3) is 3.75. The molecule has 1 aliphatic rings. The van der Waals surface area contributed by atoms with E-state index >= 15 is 0 Å². The van der Waals surface area contributed by atoms with Gasteiger partial charge in [0.05, 0.1) is 11.5 Å². The van der Waals surface area contributed by atoms with Crippen molar-refractivity contribution in [3.63, 3.8) is 0 Å². The van der Waals surface area contributed by atoms with Gasteiger partial charge in [-0.15, -0.1) is 0 Å². The van der Waals surface area contributed by atoms with E-state index in [0.717, 1.165) is 12.1 Å². The van der Waals surface area contributed by atoms with Gasteiger partial charge >= 0.3 is 0 Å². The first-order chi connectivity index (χ1) is 9.49. The van der Waals surface area contributed by atoms with Crippen molar-refractivity contribution < 1.29 is 22.3 Å². The summed E-state index contributed by atoms with van der Waals surface area (Å²) >= 11 is 0. The van der Waals surface area contributed by atoms with Crippen LogP contribution in [0.3, 0.4) is 0 Å². The Labute approximate surface area is 116 Å². The van der Waals surface area contributed by atoms with E-state index < -0.39 is 15.8 Å². The maximum Gasteiger partial charge on any atom is 0.248 e. The Morgan fingerprint density at radius 3 is 2.65 bits per heavy atom. The van der Waals surface area contributed by atoms with Crippen LogP contribution < -0.4 is 4.72 Å². The fourth-order valence-electron chi connectivity index (χ4n) is 1.80. The quantitative estimate of drug-likeness (QED) is 0.828. The summed E-state index contributed by atoms with van der Waals surface area (Å²) in [4.78, 5) is 13.0. The first kappa shape index (κ1) is 14.9. The number of carbonyl (C=O) groups excluding carboxylic acids is 1. The first-order valence-electron chi connectivity index (χ1n) is 6.10. The van der Waals surface area contributed by atoms with Crippen LogP contribution >= 0.6 is 0 Å². The van der Waals surface area contributed by atoms with Gasteiger partial charge in [-0.05, 0) is 24.3 Å². The van der Waals surface area contributed by atoms with Crippen LogP contribution in [0.5, 0.6) is 0 Å². The van der Waals surface area contributed by atoms with Gasteiger partial charge in [-0.25, -0.2) is 17.5 Å². The molecule has 0 aromatic heterocycles. The second-order valence-electron chi connectivity index (χ2n) is 4.29. The molecule has 8 heteroatoms. The predicted octanol–water partition coefficient (Wildman–Crippen LogP) is -0.0372. The molecule has 1 saturated heterocycles. The van der Waals surface area contributed by atoms with Gasteiger partial charge in [0.2, 0.25) is 15.9 Å². The average molecular weight is 302 g/mol. The lowest BCUT2D eigenvalue weighted by Gasteiger charge is -2.26. The van der Waals surface area contributed by atoms with Crippen molar-refractivity contribution in [2.24, 2.45) is 0 Å². The molecule has 110 valence electrons. The molecular weight excluding hydrogens is 287 g/mol. The molecule has 0 radical (unpaired) electrons. The molecule has 0 aliphatic carbocycles. The molecule has 1 heterocycles. The maximum absolute atomic E-state index is 12.7. The van der Waals surface area contributed by atoms with Crippen molar-refractivity contribution in [1.29, 1.82) is 0 Å². The van der Waals surface area contributed by atoms with Gasteiger partial charge in [0.1, 0.15) is 12.4 Å². The van der Waals surface area contributed by atoms with Crippen LogP contribution in [-0.2, 0) is 19.6 Å². The summed E-state index contributed by atoms with van der Waals surface area (Å²) in [6.45, 7) is 1.33. The number of nitrogens with zero attached hydrogens (tertiary/aromatic N) is 1. The standard InChI is InChI=1S/C12H15FN2O4S/c13-10-1-3-11(4-2-10)20(17,18)14-5-6-15-7-8-19-9-12(15)16/h1-4,14H,5-9H2. The molecule has 0 spiro atoms. The van der Waals surface area contributed by atoms with Crippen LogP contribution in [0.25, 0.3) is 0 Å². The molecule has 0 saturated carbocycles. The van der Waals surface area contributed by atoms with Crippen molar-refractivity contribution in [1.82, 2.24) is 9.62 Å². The normalized spacial score (nSPS) is 16.4. The van der Waals surface area contributed by atoms with Crippen LogP contribution in [0, 0.1) is 5.82 Å². The predicted molar refractivity (Wildman–Crippen MR) is 69.0 cm³/mol. The van der Waals surface area contributed by atoms with E-state index in [1.54, 1.807) is 0 Å². The van der Waals surface area contributed by atoms with E-state index in [9.17, 15) is 17.6 Å². The Morgan fingerprint density at radius 2 is 2.00 bits per heavy atom. The van der Waals surface area contributed by atoms with Gasteiger partial charge in [-0.1, -0.05) is 0 Å². The van der Waals surface area contributed by atoms with Crippen LogP contribution in [0.4, 0.5) is 4.39 Å². The highest BCUT2D eigenvalue weighted by atomic mass is 32.2. The summed E-state index contributed by atoms with van der Waals surface area (Å²) in [5.74, 6) is -0.653. The number of benzene rings is 1. The summed E-state index contributed by atoms with van der Waals surface area (Å²) in [7, 11) is -3.68. The highest BCUT2D eigenvalue weighted by Crippen LogP contribution is 2.09. The monoisotopic (exact) mass is 302 g/mol. The van der Waals surface area contributed by atoms with Crippen LogP contribution in [-0.4, -0.2) is 52.1 Å². The summed E-state index contributed by atoms with van der Waals surface area (Å²) < 4.78 is 43.9. The largest absolute Gasteiger partial charge is 0.370 e. The summed E-state index contributed by atoms with van der Waals surface area (Å²) in [6.07, 6.45) is 0. The van der Waals surface area contributed by atoms with Crippen molar-refractivity contribution in [3.8, 4) is 0 Å². The van der Waals surface area contributed by atoms with Crippen molar-refractivity contribution >= 4 is 15.9 Å². The van der Waals surface area contributed by atoms with E-state index in [-0.39, 0.29) is 30.5 Å². The topological polar surface area (TPSA) is 75.7 Å². The van der Waals surface area contributed by atoms with Crippen LogP contribution in [0.2, 0.25) is 0 Å². The minimum Gasteiger partial charge on any atom is -0.370 e. The molecule has 20 heavy (non-hydrogen) atoms. The Morgan fingerprint density at radius 1 is 1.30 bits per heavy atom. The van der Waals surface area contributed by atoms with Gasteiger partial charge < -0.3 is 9.64 Å². The van der Waals surface area contributed by atoms with E-state index in [0.29, 0.717) is 13.2 Å². The molecular formula is C12H15FN2O4S. The molecule has 1 aromatic rings. The fraction of sp³-hybridized carbons (Fsp3) is 0.417. The zero-order chi connectivity index (χ0) is 14.6. The third-order valence-electron chi connectivity index (χ3n) is 2.88. The Balaban J connectivity index is 1.89. The molecule has 1 fully saturated rings. The van der Waals surface area contributed by atoms with Gasteiger partial charge in [0.15, 0.2) is 0 Å². The molecule has 0 unspecified atom stereocenters. The average Bonchev–Trinajstić information content (AvgIpc) is 2.41. The highest BCUT2D eigenvalue weighted by molar-refractivity contribution is 7.89. The number of sulfonamides is 1. The van der Waals surface area contributed by atoms with Gasteiger partial charge in [0, 0.05) is 19.6 Å². The zero-order valence-electron chi connectivity index (χ0n) is 10.7. The highest BCUT2D eigenvalue weighted by Gasteiger charge is 2.19. The lowest BCUT2D eigenvalue weighted by molar-refractivity contribution is -0.142. The number of hydrogen-bond donors (Lipinski definition) is 1. The Kier molecular flexibility index (Phi) is 4.69. The first-order valence-corrected chi connectivity index (χ1v) is 7.58. The number of nitrogens with one attached hydrogen (secondary N) is 1. The molecule has 6 nitrogen and oxygen atoms in total. The SMILES string of the molecule is O=C1COCCN1CCNS(=O)(=O)c1ccc(F)cc1.